The van der Waals surface area contributed by atoms with Crippen LogP contribution in [0, 0.1) is 0 Å². The van der Waals surface area contributed by atoms with Crippen LogP contribution in [0.2, 0.25) is 0 Å². The predicted molar refractivity (Wildman–Crippen MR) is 72.5 cm³/mol. The van der Waals surface area contributed by atoms with Crippen molar-refractivity contribution in [2.75, 3.05) is 4.31 Å². The highest BCUT2D eigenvalue weighted by Gasteiger charge is 2.30. The summed E-state index contributed by atoms with van der Waals surface area (Å²) in [5.74, 6) is -0.783. The van der Waals surface area contributed by atoms with Crippen LogP contribution in [0.3, 0.4) is 0 Å². The lowest BCUT2D eigenvalue weighted by Crippen LogP contribution is -2.29. The van der Waals surface area contributed by atoms with E-state index in [4.69, 9.17) is 0 Å². The number of aliphatic hydroxyl groups is 1. The Kier molecular flexibility index (Phi) is 2.45. The molecule has 0 saturated heterocycles. The molecule has 0 spiro atoms. The van der Waals surface area contributed by atoms with E-state index in [1.807, 2.05) is 4.72 Å². The molecule has 104 valence electrons. The van der Waals surface area contributed by atoms with E-state index < -0.39 is 16.1 Å². The molecule has 20 heavy (non-hydrogen) atoms. The number of hydrogen-bond donors (Lipinski definition) is 4. The van der Waals surface area contributed by atoms with Crippen molar-refractivity contribution in [1.29, 1.82) is 0 Å². The zero-order valence-corrected chi connectivity index (χ0v) is 10.8. The smallest absolute Gasteiger partial charge is 0.330 e. The molecule has 2 aromatic carbocycles. The number of nitrogens with one attached hydrogen (secondary N) is 1. The Morgan fingerprint density at radius 3 is 2.40 bits per heavy atom. The molecule has 1 heterocycles. The van der Waals surface area contributed by atoms with E-state index in [9.17, 15) is 23.7 Å². The Morgan fingerprint density at radius 2 is 1.75 bits per heavy atom. The molecule has 1 aliphatic heterocycles. The molecule has 1 aliphatic rings. The fourth-order valence-corrected chi connectivity index (χ4v) is 3.08. The topological polar surface area (TPSA) is 110 Å². The quantitative estimate of drug-likeness (QED) is 0.633. The van der Waals surface area contributed by atoms with Gasteiger partial charge in [-0.3, -0.25) is 0 Å². The molecule has 2 aromatic rings. The van der Waals surface area contributed by atoms with E-state index >= 15 is 0 Å². The molecule has 0 radical (unpaired) electrons. The van der Waals surface area contributed by atoms with Crippen LogP contribution >= 0.6 is 0 Å². The highest BCUT2D eigenvalue weighted by molar-refractivity contribution is 7.91. The molecule has 3 rings (SSSR count). The van der Waals surface area contributed by atoms with Crippen molar-refractivity contribution >= 4 is 26.7 Å². The van der Waals surface area contributed by atoms with Crippen LogP contribution in [-0.2, 0) is 10.2 Å². The van der Waals surface area contributed by atoms with Gasteiger partial charge in [0.25, 0.3) is 0 Å². The Morgan fingerprint density at radius 1 is 1.00 bits per heavy atom. The van der Waals surface area contributed by atoms with Gasteiger partial charge in [-0.15, -0.1) is 0 Å². The number of aromatic hydroxyl groups is 2. The average molecular weight is 294 g/mol. The summed E-state index contributed by atoms with van der Waals surface area (Å²) in [6, 6.07) is 7.28. The van der Waals surface area contributed by atoms with Crippen LogP contribution in [0.5, 0.6) is 11.5 Å². The van der Waals surface area contributed by atoms with E-state index in [-0.39, 0.29) is 17.2 Å². The van der Waals surface area contributed by atoms with E-state index in [2.05, 4.69) is 0 Å². The highest BCUT2D eigenvalue weighted by Crippen LogP contribution is 2.36. The third kappa shape index (κ3) is 1.86. The van der Waals surface area contributed by atoms with Gasteiger partial charge in [-0.25, -0.2) is 9.03 Å². The lowest BCUT2D eigenvalue weighted by Gasteiger charge is -2.16. The molecule has 0 aliphatic carbocycles. The van der Waals surface area contributed by atoms with Crippen LogP contribution in [0.15, 0.2) is 42.4 Å². The second-order valence-corrected chi connectivity index (χ2v) is 5.84. The van der Waals surface area contributed by atoms with Crippen LogP contribution in [0.1, 0.15) is 0 Å². The van der Waals surface area contributed by atoms with Gasteiger partial charge in [0.15, 0.2) is 0 Å². The van der Waals surface area contributed by atoms with Gasteiger partial charge >= 0.3 is 10.2 Å². The molecular formula is C12H10N2O5S. The molecule has 0 bridgehead atoms. The van der Waals surface area contributed by atoms with Crippen molar-refractivity contribution in [1.82, 2.24) is 4.72 Å². The summed E-state index contributed by atoms with van der Waals surface area (Å²) in [4.78, 5) is 0. The molecule has 8 heteroatoms. The van der Waals surface area contributed by atoms with Crippen LogP contribution in [0.25, 0.3) is 10.8 Å². The van der Waals surface area contributed by atoms with Gasteiger partial charge in [-0.1, -0.05) is 6.07 Å². The van der Waals surface area contributed by atoms with Gasteiger partial charge in [-0.05, 0) is 35.0 Å². The number of phenols is 2. The maximum atomic E-state index is 11.8. The molecule has 0 atom stereocenters. The van der Waals surface area contributed by atoms with Crippen molar-refractivity contribution in [3.63, 3.8) is 0 Å². The fraction of sp³-hybridized carbons (Fsp3) is 0. The summed E-state index contributed by atoms with van der Waals surface area (Å²) < 4.78 is 26.1. The Labute approximate surface area is 114 Å². The van der Waals surface area contributed by atoms with Crippen LogP contribution < -0.4 is 9.03 Å². The second-order valence-electron chi connectivity index (χ2n) is 4.29. The first-order valence-corrected chi connectivity index (χ1v) is 6.99. The molecule has 0 saturated carbocycles. The van der Waals surface area contributed by atoms with Gasteiger partial charge in [0.05, 0.1) is 6.20 Å². The number of anilines is 1. The number of nitrogens with zero attached hydrogens (tertiary/aromatic N) is 1. The minimum atomic E-state index is -3.97. The van der Waals surface area contributed by atoms with E-state index in [1.165, 1.54) is 24.3 Å². The predicted octanol–water partition coefficient (Wildman–Crippen LogP) is 1.26. The van der Waals surface area contributed by atoms with Crippen LogP contribution in [-0.4, -0.2) is 23.7 Å². The van der Waals surface area contributed by atoms with Crippen molar-refractivity contribution in [3.05, 3.63) is 42.4 Å². The van der Waals surface area contributed by atoms with Gasteiger partial charge in [-0.2, -0.15) is 8.42 Å². The lowest BCUT2D eigenvalue weighted by molar-refractivity contribution is 0.392. The largest absolute Gasteiger partial charge is 0.508 e. The zero-order valence-electron chi connectivity index (χ0n) is 9.98. The maximum absolute atomic E-state index is 11.8. The number of fused-ring (bicyclic) bond motifs is 1. The third-order valence-electron chi connectivity index (χ3n) is 2.89. The lowest BCUT2D eigenvalue weighted by atomic mass is 10.1. The van der Waals surface area contributed by atoms with Crippen molar-refractivity contribution in [2.45, 2.75) is 0 Å². The molecular weight excluding hydrogens is 284 g/mol. The number of aliphatic hydroxyl groups excluding tert-OH is 1. The monoisotopic (exact) mass is 294 g/mol. The number of hydrogen-bond acceptors (Lipinski definition) is 5. The van der Waals surface area contributed by atoms with Gasteiger partial charge in [0.1, 0.15) is 17.2 Å². The fourth-order valence-electron chi connectivity index (χ4n) is 2.02. The molecule has 7 nitrogen and oxygen atoms in total. The summed E-state index contributed by atoms with van der Waals surface area (Å²) in [6.45, 7) is 0. The first-order chi connectivity index (χ1) is 9.37. The minimum Gasteiger partial charge on any atom is -0.508 e. The summed E-state index contributed by atoms with van der Waals surface area (Å²) in [5.41, 5.74) is -0.0281. The summed E-state index contributed by atoms with van der Waals surface area (Å²) in [7, 11) is -3.97. The minimum absolute atomic E-state index is 0.0231. The van der Waals surface area contributed by atoms with E-state index in [0.717, 1.165) is 10.5 Å². The SMILES string of the molecule is O=S1(=O)NC(O)=CN1c1cc2cc(O)ccc2cc1O. The van der Waals surface area contributed by atoms with Gasteiger partial charge in [0.2, 0.25) is 5.88 Å². The van der Waals surface area contributed by atoms with Gasteiger partial charge < -0.3 is 15.3 Å². The van der Waals surface area contributed by atoms with Crippen LogP contribution in [0.4, 0.5) is 5.69 Å². The summed E-state index contributed by atoms with van der Waals surface area (Å²) in [6.07, 6.45) is 0.943. The summed E-state index contributed by atoms with van der Waals surface area (Å²) >= 11 is 0. The average Bonchev–Trinajstić information content (AvgIpc) is 2.62. The Bertz CT molecular complexity index is 844. The molecule has 4 N–H and O–H groups in total. The normalized spacial score (nSPS) is 17.0. The first kappa shape index (κ1) is 12.4. The Hall–Kier alpha value is -2.61. The molecule has 0 amide bonds. The number of phenolic OH excluding ortho intramolecular Hbond substituents is 2. The van der Waals surface area contributed by atoms with Crippen molar-refractivity contribution in [2.24, 2.45) is 0 Å². The Balaban J connectivity index is 2.24. The number of benzene rings is 2. The van der Waals surface area contributed by atoms with Gasteiger partial charge in [0, 0.05) is 0 Å². The standard InChI is InChI=1S/C12H10N2O5S/c15-9-2-1-7-5-11(16)10(4-8(7)3-9)14-6-12(17)13-20(14,18)19/h1-6,13,15-17H. The first-order valence-electron chi connectivity index (χ1n) is 5.55. The van der Waals surface area contributed by atoms with Crippen molar-refractivity contribution in [3.8, 4) is 11.5 Å². The molecule has 0 aromatic heterocycles. The molecule has 0 fully saturated rings. The number of rotatable bonds is 1. The van der Waals surface area contributed by atoms with E-state index in [0.29, 0.717) is 10.8 Å². The molecule has 0 unspecified atom stereocenters. The summed E-state index contributed by atoms with van der Waals surface area (Å²) in [5, 5.41) is 29.8. The van der Waals surface area contributed by atoms with E-state index in [1.54, 1.807) is 6.07 Å². The zero-order chi connectivity index (χ0) is 14.5. The third-order valence-corrected chi connectivity index (χ3v) is 4.17. The second kappa shape index (κ2) is 3.94. The highest BCUT2D eigenvalue weighted by atomic mass is 32.2. The van der Waals surface area contributed by atoms with Crippen molar-refractivity contribution < 1.29 is 23.7 Å². The maximum Gasteiger partial charge on any atom is 0.330 e.